The summed E-state index contributed by atoms with van der Waals surface area (Å²) in [5, 5.41) is 16.6. The summed E-state index contributed by atoms with van der Waals surface area (Å²) in [5.74, 6) is 1.02. The Kier molecular flexibility index (Phi) is 6.16. The molecule has 5 nitrogen and oxygen atoms in total. The van der Waals surface area contributed by atoms with E-state index < -0.39 is 11.7 Å². The van der Waals surface area contributed by atoms with Gasteiger partial charge in [-0.05, 0) is 54.5 Å². The number of nitrogens with zero attached hydrogens (tertiary/aromatic N) is 2. The topological polar surface area (TPSA) is 70.1 Å². The van der Waals surface area contributed by atoms with E-state index in [1.807, 2.05) is 18.2 Å². The van der Waals surface area contributed by atoms with Gasteiger partial charge in [0.25, 0.3) is 0 Å². The molecule has 1 atom stereocenters. The SMILES string of the molecule is O[C@H]1Cc2cccc(Nc3cc(-c4ccc(C(F)(F)F)cc4NCC4CCCC4)ncn3)c2C1. The molecular weight excluding hydrogens is 441 g/mol. The molecule has 0 bridgehead atoms. The molecule has 1 fully saturated rings. The van der Waals surface area contributed by atoms with E-state index in [9.17, 15) is 18.3 Å². The predicted molar refractivity (Wildman–Crippen MR) is 126 cm³/mol. The molecule has 0 aliphatic heterocycles. The molecule has 0 radical (unpaired) electrons. The smallest absolute Gasteiger partial charge is 0.392 e. The number of nitrogens with one attached hydrogen (secondary N) is 2. The van der Waals surface area contributed by atoms with Gasteiger partial charge in [0.1, 0.15) is 12.1 Å². The van der Waals surface area contributed by atoms with E-state index >= 15 is 0 Å². The summed E-state index contributed by atoms with van der Waals surface area (Å²) in [6.07, 6.45) is 2.34. The lowest BCUT2D eigenvalue weighted by Gasteiger charge is -2.18. The van der Waals surface area contributed by atoms with Gasteiger partial charge in [0.05, 0.1) is 17.4 Å². The van der Waals surface area contributed by atoms with E-state index in [2.05, 4.69) is 20.6 Å². The van der Waals surface area contributed by atoms with Gasteiger partial charge in [-0.1, -0.05) is 31.0 Å². The first-order valence-electron chi connectivity index (χ1n) is 11.7. The molecule has 3 aromatic rings. The zero-order chi connectivity index (χ0) is 23.7. The average Bonchev–Trinajstić information content (AvgIpc) is 3.46. The number of fused-ring (bicyclic) bond motifs is 1. The Hall–Kier alpha value is -3.13. The van der Waals surface area contributed by atoms with E-state index in [-0.39, 0.29) is 6.10 Å². The average molecular weight is 469 g/mol. The molecule has 2 aliphatic carbocycles. The van der Waals surface area contributed by atoms with Gasteiger partial charge in [0.15, 0.2) is 0 Å². The lowest BCUT2D eigenvalue weighted by atomic mass is 10.0. The fraction of sp³-hybridized carbons (Fsp3) is 0.385. The first-order chi connectivity index (χ1) is 16.4. The summed E-state index contributed by atoms with van der Waals surface area (Å²) < 4.78 is 40.2. The van der Waals surface area contributed by atoms with Gasteiger partial charge in [-0.2, -0.15) is 13.2 Å². The zero-order valence-corrected chi connectivity index (χ0v) is 18.7. The molecular formula is C26H27F3N4O. The molecule has 1 heterocycles. The Morgan fingerprint density at radius 3 is 2.59 bits per heavy atom. The number of aliphatic hydroxyl groups is 1. The molecule has 0 spiro atoms. The minimum atomic E-state index is -4.42. The van der Waals surface area contributed by atoms with Crippen LogP contribution < -0.4 is 10.6 Å². The minimum Gasteiger partial charge on any atom is -0.392 e. The van der Waals surface area contributed by atoms with E-state index in [0.717, 1.165) is 35.7 Å². The molecule has 34 heavy (non-hydrogen) atoms. The van der Waals surface area contributed by atoms with Crippen LogP contribution in [-0.2, 0) is 19.0 Å². The fourth-order valence-corrected chi connectivity index (χ4v) is 5.02. The van der Waals surface area contributed by atoms with Crippen LogP contribution in [0.15, 0.2) is 48.8 Å². The van der Waals surface area contributed by atoms with Crippen molar-refractivity contribution in [1.82, 2.24) is 9.97 Å². The Labute approximate surface area is 196 Å². The van der Waals surface area contributed by atoms with Gasteiger partial charge in [-0.3, -0.25) is 0 Å². The number of hydrogen-bond donors (Lipinski definition) is 3. The number of benzene rings is 2. The molecule has 1 aromatic heterocycles. The van der Waals surface area contributed by atoms with Crippen LogP contribution in [0.3, 0.4) is 0 Å². The minimum absolute atomic E-state index is 0.389. The van der Waals surface area contributed by atoms with E-state index in [1.54, 1.807) is 6.07 Å². The quantitative estimate of drug-likeness (QED) is 0.416. The van der Waals surface area contributed by atoms with Gasteiger partial charge in [0, 0.05) is 36.0 Å². The summed E-state index contributed by atoms with van der Waals surface area (Å²) in [4.78, 5) is 8.67. The normalized spacial score (nSPS) is 18.2. The maximum atomic E-state index is 13.4. The number of alkyl halides is 3. The van der Waals surface area contributed by atoms with Gasteiger partial charge in [-0.15, -0.1) is 0 Å². The van der Waals surface area contributed by atoms with E-state index in [0.29, 0.717) is 48.1 Å². The highest BCUT2D eigenvalue weighted by atomic mass is 19.4. The largest absolute Gasteiger partial charge is 0.416 e. The third-order valence-corrected chi connectivity index (χ3v) is 6.78. The molecule has 0 saturated heterocycles. The van der Waals surface area contributed by atoms with Crippen molar-refractivity contribution in [3.8, 4) is 11.3 Å². The second-order valence-electron chi connectivity index (χ2n) is 9.21. The first-order valence-corrected chi connectivity index (χ1v) is 11.7. The van der Waals surface area contributed by atoms with Gasteiger partial charge in [0.2, 0.25) is 0 Å². The highest BCUT2D eigenvalue weighted by Gasteiger charge is 2.31. The second kappa shape index (κ2) is 9.25. The van der Waals surface area contributed by atoms with Crippen molar-refractivity contribution in [3.05, 3.63) is 65.5 Å². The molecule has 0 unspecified atom stereocenters. The van der Waals surface area contributed by atoms with Gasteiger partial charge < -0.3 is 15.7 Å². The van der Waals surface area contributed by atoms with Crippen LogP contribution in [0.1, 0.15) is 42.4 Å². The highest BCUT2D eigenvalue weighted by molar-refractivity contribution is 5.78. The molecule has 2 aromatic carbocycles. The Bertz CT molecular complexity index is 1170. The van der Waals surface area contributed by atoms with Crippen molar-refractivity contribution in [3.63, 3.8) is 0 Å². The second-order valence-corrected chi connectivity index (χ2v) is 9.21. The summed E-state index contributed by atoms with van der Waals surface area (Å²) >= 11 is 0. The summed E-state index contributed by atoms with van der Waals surface area (Å²) in [5.41, 5.74) is 3.91. The lowest BCUT2D eigenvalue weighted by molar-refractivity contribution is -0.137. The van der Waals surface area contributed by atoms with Crippen LogP contribution in [0.25, 0.3) is 11.3 Å². The van der Waals surface area contributed by atoms with Gasteiger partial charge in [-0.25, -0.2) is 9.97 Å². The molecule has 1 saturated carbocycles. The number of aliphatic hydroxyl groups excluding tert-OH is 1. The summed E-state index contributed by atoms with van der Waals surface area (Å²) in [6.45, 7) is 0.642. The number of halogens is 3. The van der Waals surface area contributed by atoms with Crippen molar-refractivity contribution < 1.29 is 18.3 Å². The molecule has 0 amide bonds. The Morgan fingerprint density at radius 1 is 0.971 bits per heavy atom. The Morgan fingerprint density at radius 2 is 1.79 bits per heavy atom. The standard InChI is InChI=1S/C26H27F3N4O/c27-26(28,29)18-8-9-20(23(11-18)30-14-16-4-1-2-5-16)24-13-25(32-15-31-24)33-22-7-3-6-17-10-19(34)12-21(17)22/h3,6-9,11,13,15-16,19,30,34H,1-2,4-5,10,12,14H2,(H,31,32,33)/t19-/m0/s1. The lowest BCUT2D eigenvalue weighted by Crippen LogP contribution is -2.13. The van der Waals surface area contributed by atoms with Crippen molar-refractivity contribution >= 4 is 17.2 Å². The van der Waals surface area contributed by atoms with E-state index in [4.69, 9.17) is 0 Å². The van der Waals surface area contributed by atoms with Crippen molar-refractivity contribution in [1.29, 1.82) is 0 Å². The van der Waals surface area contributed by atoms with Crippen LogP contribution in [0.2, 0.25) is 0 Å². The monoisotopic (exact) mass is 468 g/mol. The van der Waals surface area contributed by atoms with Crippen LogP contribution in [0.5, 0.6) is 0 Å². The highest BCUT2D eigenvalue weighted by Crippen LogP contribution is 2.37. The number of anilines is 3. The summed E-state index contributed by atoms with van der Waals surface area (Å²) in [6, 6.07) is 11.4. The fourth-order valence-electron chi connectivity index (χ4n) is 5.02. The maximum absolute atomic E-state index is 13.4. The van der Waals surface area contributed by atoms with Crippen LogP contribution in [-0.4, -0.2) is 27.7 Å². The van der Waals surface area contributed by atoms with Crippen LogP contribution in [0.4, 0.5) is 30.4 Å². The van der Waals surface area contributed by atoms with Crippen molar-refractivity contribution in [2.75, 3.05) is 17.2 Å². The van der Waals surface area contributed by atoms with Crippen molar-refractivity contribution in [2.24, 2.45) is 5.92 Å². The Balaban J connectivity index is 1.44. The first kappa shape index (κ1) is 22.7. The number of hydrogen-bond acceptors (Lipinski definition) is 5. The molecule has 5 rings (SSSR count). The molecule has 178 valence electrons. The van der Waals surface area contributed by atoms with Crippen LogP contribution >= 0.6 is 0 Å². The number of rotatable bonds is 6. The maximum Gasteiger partial charge on any atom is 0.416 e. The number of aromatic nitrogens is 2. The zero-order valence-electron chi connectivity index (χ0n) is 18.7. The third-order valence-electron chi connectivity index (χ3n) is 6.78. The van der Waals surface area contributed by atoms with Crippen LogP contribution in [0, 0.1) is 5.92 Å². The molecule has 8 heteroatoms. The summed E-state index contributed by atoms with van der Waals surface area (Å²) in [7, 11) is 0. The predicted octanol–water partition coefficient (Wildman–Crippen LogP) is 5.97. The van der Waals surface area contributed by atoms with Crippen molar-refractivity contribution in [2.45, 2.75) is 50.8 Å². The third kappa shape index (κ3) is 4.87. The molecule has 2 aliphatic rings. The van der Waals surface area contributed by atoms with E-state index in [1.165, 1.54) is 31.3 Å². The van der Waals surface area contributed by atoms with Gasteiger partial charge >= 0.3 is 6.18 Å². The molecule has 3 N–H and O–H groups in total.